The Morgan fingerprint density at radius 3 is 2.54 bits per heavy atom. The number of benzene rings is 2. The number of amides is 1. The Morgan fingerprint density at radius 2 is 1.81 bits per heavy atom. The van der Waals surface area contributed by atoms with E-state index in [0.717, 1.165) is 50.3 Å². The average Bonchev–Trinajstić information content (AvgIpc) is 2.67. The summed E-state index contributed by atoms with van der Waals surface area (Å²) >= 11 is 6.24. The summed E-state index contributed by atoms with van der Waals surface area (Å²) in [5.41, 5.74) is 2.60. The normalized spacial score (nSPS) is 14.5. The number of rotatable bonds is 6. The number of nitrogens with one attached hydrogen (secondary N) is 2. The molecule has 2 N–H and O–H groups in total. The Kier molecular flexibility index (Phi) is 8.39. The molecule has 3 rings (SSSR count). The molecule has 2 aromatic carbocycles. The van der Waals surface area contributed by atoms with Crippen LogP contribution < -0.4 is 10.6 Å². The highest BCUT2D eigenvalue weighted by Crippen LogP contribution is 2.25. The minimum absolute atomic E-state index is 0. The number of halogens is 2. The first-order valence-corrected chi connectivity index (χ1v) is 9.18. The van der Waals surface area contributed by atoms with Crippen molar-refractivity contribution in [2.75, 3.05) is 39.3 Å². The highest BCUT2D eigenvalue weighted by molar-refractivity contribution is 6.34. The number of nitrogens with zero attached hydrogens (tertiary/aromatic N) is 1. The van der Waals surface area contributed by atoms with Gasteiger partial charge in [-0.3, -0.25) is 4.79 Å². The quantitative estimate of drug-likeness (QED) is 0.738. The van der Waals surface area contributed by atoms with Crippen LogP contribution in [-0.2, 0) is 0 Å². The van der Waals surface area contributed by atoms with Crippen molar-refractivity contribution in [3.8, 4) is 11.1 Å². The summed E-state index contributed by atoms with van der Waals surface area (Å²) in [4.78, 5) is 14.9. The van der Waals surface area contributed by atoms with Gasteiger partial charge in [0.1, 0.15) is 0 Å². The second-order valence-corrected chi connectivity index (χ2v) is 6.67. The molecular weight excluding hydrogens is 369 g/mol. The van der Waals surface area contributed by atoms with E-state index < -0.39 is 0 Å². The topological polar surface area (TPSA) is 44.4 Å². The van der Waals surface area contributed by atoms with E-state index in [4.69, 9.17) is 11.6 Å². The zero-order valence-electron chi connectivity index (χ0n) is 14.7. The van der Waals surface area contributed by atoms with E-state index in [1.165, 1.54) is 0 Å². The molecule has 1 aliphatic heterocycles. The van der Waals surface area contributed by atoms with Crippen molar-refractivity contribution in [3.63, 3.8) is 0 Å². The smallest absolute Gasteiger partial charge is 0.252 e. The molecule has 1 heterocycles. The number of carbonyl (C=O) groups excluding carboxylic acids is 1. The second kappa shape index (κ2) is 10.5. The zero-order valence-corrected chi connectivity index (χ0v) is 16.3. The van der Waals surface area contributed by atoms with Gasteiger partial charge in [0.25, 0.3) is 5.91 Å². The lowest BCUT2D eigenvalue weighted by atomic mass is 10.0. The van der Waals surface area contributed by atoms with Gasteiger partial charge in [-0.1, -0.05) is 48.0 Å². The molecule has 6 heteroatoms. The van der Waals surface area contributed by atoms with Crippen LogP contribution in [0.25, 0.3) is 11.1 Å². The zero-order chi connectivity index (χ0) is 17.5. The van der Waals surface area contributed by atoms with Crippen LogP contribution in [0.5, 0.6) is 0 Å². The van der Waals surface area contributed by atoms with Crippen LogP contribution >= 0.6 is 24.0 Å². The predicted octanol–water partition coefficient (Wildman–Crippen LogP) is 3.45. The fraction of sp³-hybridized carbons (Fsp3) is 0.350. The molecule has 1 saturated heterocycles. The molecule has 0 aromatic heterocycles. The maximum Gasteiger partial charge on any atom is 0.252 e. The van der Waals surface area contributed by atoms with Crippen LogP contribution in [0.15, 0.2) is 48.5 Å². The largest absolute Gasteiger partial charge is 0.352 e. The molecule has 0 spiro atoms. The van der Waals surface area contributed by atoms with Crippen molar-refractivity contribution in [1.29, 1.82) is 0 Å². The first kappa shape index (κ1) is 20.7. The standard InChI is InChI=1S/C20H24ClN3O.ClH/c21-19-8-7-17(16-5-2-1-3-6-16)15-18(19)20(25)23-9-4-12-24-13-10-22-11-14-24;/h1-3,5-8,15,22H,4,9-14H2,(H,23,25);1H. The fourth-order valence-electron chi connectivity index (χ4n) is 3.04. The lowest BCUT2D eigenvalue weighted by Gasteiger charge is -2.27. The van der Waals surface area contributed by atoms with Gasteiger partial charge in [-0.05, 0) is 36.2 Å². The van der Waals surface area contributed by atoms with E-state index in [0.29, 0.717) is 17.1 Å². The lowest BCUT2D eigenvalue weighted by molar-refractivity contribution is 0.0951. The van der Waals surface area contributed by atoms with E-state index >= 15 is 0 Å². The molecule has 2 aromatic rings. The Labute approximate surface area is 166 Å². The molecule has 0 saturated carbocycles. The van der Waals surface area contributed by atoms with Crippen LogP contribution in [0.4, 0.5) is 0 Å². The maximum absolute atomic E-state index is 12.5. The minimum Gasteiger partial charge on any atom is -0.352 e. The van der Waals surface area contributed by atoms with Gasteiger partial charge >= 0.3 is 0 Å². The van der Waals surface area contributed by atoms with E-state index in [1.807, 2.05) is 42.5 Å². The van der Waals surface area contributed by atoms with E-state index in [1.54, 1.807) is 6.07 Å². The lowest BCUT2D eigenvalue weighted by Crippen LogP contribution is -2.44. The molecule has 0 radical (unpaired) electrons. The summed E-state index contributed by atoms with van der Waals surface area (Å²) in [5, 5.41) is 6.82. The predicted molar refractivity (Wildman–Crippen MR) is 110 cm³/mol. The molecule has 1 fully saturated rings. The highest BCUT2D eigenvalue weighted by atomic mass is 35.5. The van der Waals surface area contributed by atoms with Crippen LogP contribution in [0.2, 0.25) is 5.02 Å². The van der Waals surface area contributed by atoms with Crippen molar-refractivity contribution in [1.82, 2.24) is 15.5 Å². The molecule has 140 valence electrons. The molecule has 0 atom stereocenters. The van der Waals surface area contributed by atoms with Gasteiger partial charge in [-0.2, -0.15) is 0 Å². The summed E-state index contributed by atoms with van der Waals surface area (Å²) < 4.78 is 0. The highest BCUT2D eigenvalue weighted by Gasteiger charge is 2.12. The van der Waals surface area contributed by atoms with Crippen LogP contribution in [0.3, 0.4) is 0 Å². The number of carbonyl (C=O) groups is 1. The van der Waals surface area contributed by atoms with Gasteiger partial charge in [0.05, 0.1) is 10.6 Å². The van der Waals surface area contributed by atoms with Gasteiger partial charge in [-0.25, -0.2) is 0 Å². The molecular formula is C20H25Cl2N3O. The molecule has 1 aliphatic rings. The van der Waals surface area contributed by atoms with Gasteiger partial charge in [-0.15, -0.1) is 12.4 Å². The summed E-state index contributed by atoms with van der Waals surface area (Å²) in [7, 11) is 0. The van der Waals surface area contributed by atoms with E-state index in [2.05, 4.69) is 15.5 Å². The van der Waals surface area contributed by atoms with Crippen molar-refractivity contribution in [3.05, 3.63) is 59.1 Å². The first-order chi connectivity index (χ1) is 12.2. The monoisotopic (exact) mass is 393 g/mol. The summed E-state index contributed by atoms with van der Waals surface area (Å²) in [6.45, 7) is 5.94. The van der Waals surface area contributed by atoms with Gasteiger partial charge < -0.3 is 15.5 Å². The van der Waals surface area contributed by atoms with Crippen LogP contribution in [0.1, 0.15) is 16.8 Å². The van der Waals surface area contributed by atoms with Crippen molar-refractivity contribution >= 4 is 29.9 Å². The Bertz CT molecular complexity index is 703. The summed E-state index contributed by atoms with van der Waals surface area (Å²) in [6, 6.07) is 15.6. The number of hydrogen-bond acceptors (Lipinski definition) is 3. The number of piperazine rings is 1. The molecule has 0 bridgehead atoms. The Morgan fingerprint density at radius 1 is 1.08 bits per heavy atom. The second-order valence-electron chi connectivity index (χ2n) is 6.26. The van der Waals surface area contributed by atoms with Gasteiger partial charge in [0.15, 0.2) is 0 Å². The third kappa shape index (κ3) is 5.71. The Hall–Kier alpha value is -1.59. The van der Waals surface area contributed by atoms with Crippen molar-refractivity contribution in [2.24, 2.45) is 0 Å². The molecule has 1 amide bonds. The van der Waals surface area contributed by atoms with Gasteiger partial charge in [0, 0.05) is 32.7 Å². The number of hydrogen-bond donors (Lipinski definition) is 2. The van der Waals surface area contributed by atoms with E-state index in [9.17, 15) is 4.79 Å². The summed E-state index contributed by atoms with van der Waals surface area (Å²) in [5.74, 6) is -0.108. The Balaban J connectivity index is 0.00000243. The third-order valence-corrected chi connectivity index (χ3v) is 4.79. The van der Waals surface area contributed by atoms with Crippen LogP contribution in [0, 0.1) is 0 Å². The minimum atomic E-state index is -0.108. The SMILES string of the molecule is Cl.O=C(NCCCN1CCNCC1)c1cc(-c2ccccc2)ccc1Cl. The van der Waals surface area contributed by atoms with E-state index in [-0.39, 0.29) is 18.3 Å². The maximum atomic E-state index is 12.5. The third-order valence-electron chi connectivity index (χ3n) is 4.46. The van der Waals surface area contributed by atoms with Gasteiger partial charge in [0.2, 0.25) is 0 Å². The fourth-order valence-corrected chi connectivity index (χ4v) is 3.25. The first-order valence-electron chi connectivity index (χ1n) is 8.80. The molecule has 0 unspecified atom stereocenters. The van der Waals surface area contributed by atoms with Crippen molar-refractivity contribution in [2.45, 2.75) is 6.42 Å². The molecule has 26 heavy (non-hydrogen) atoms. The molecule has 0 aliphatic carbocycles. The van der Waals surface area contributed by atoms with Crippen molar-refractivity contribution < 1.29 is 4.79 Å². The average molecular weight is 394 g/mol. The summed E-state index contributed by atoms with van der Waals surface area (Å²) in [6.07, 6.45) is 0.946. The molecule has 4 nitrogen and oxygen atoms in total. The van der Waals surface area contributed by atoms with Crippen LogP contribution in [-0.4, -0.2) is 50.1 Å².